The number of benzene rings is 1. The molecule has 1 atom stereocenters. The lowest BCUT2D eigenvalue weighted by atomic mass is 10.1. The zero-order chi connectivity index (χ0) is 20.9. The minimum absolute atomic E-state index is 0.0295. The number of carboxylic acids is 1. The molecule has 0 spiro atoms. The topological polar surface area (TPSA) is 138 Å². The number of nitrogens with one attached hydrogen (secondary N) is 1. The van der Waals surface area contributed by atoms with Crippen LogP contribution in [0.2, 0.25) is 0 Å². The number of fused-ring (bicyclic) bond motifs is 1. The maximum absolute atomic E-state index is 12.2. The Morgan fingerprint density at radius 2 is 1.71 bits per heavy atom. The van der Waals surface area contributed by atoms with Crippen LogP contribution >= 0.6 is 0 Å². The molecule has 1 unspecified atom stereocenters. The van der Waals surface area contributed by atoms with Gasteiger partial charge < -0.3 is 10.4 Å². The minimum atomic E-state index is -3.35. The second-order valence-electron chi connectivity index (χ2n) is 6.39. The number of carbonyl (C=O) groups is 4. The molecule has 1 aromatic rings. The maximum atomic E-state index is 12.2. The molecule has 28 heavy (non-hydrogen) atoms. The molecule has 10 heteroatoms. The summed E-state index contributed by atoms with van der Waals surface area (Å²) in [5, 5.41) is 11.4. The number of hydrogen-bond donors (Lipinski definition) is 2. The average molecular weight is 410 g/mol. The van der Waals surface area contributed by atoms with Gasteiger partial charge in [0.1, 0.15) is 15.9 Å². The molecule has 2 N–H and O–H groups in total. The van der Waals surface area contributed by atoms with E-state index in [9.17, 15) is 27.6 Å². The van der Waals surface area contributed by atoms with Crippen LogP contribution in [-0.4, -0.2) is 66.2 Å². The number of carboxylic acid groups (broad SMARTS) is 1. The first-order valence-corrected chi connectivity index (χ1v) is 10.7. The van der Waals surface area contributed by atoms with Gasteiger partial charge in [-0.05, 0) is 25.0 Å². The average Bonchev–Trinajstić information content (AvgIpc) is 2.90. The molecule has 1 aliphatic rings. The largest absolute Gasteiger partial charge is 0.480 e. The van der Waals surface area contributed by atoms with Crippen LogP contribution in [0.25, 0.3) is 0 Å². The van der Waals surface area contributed by atoms with Crippen LogP contribution in [0.4, 0.5) is 0 Å². The molecule has 0 radical (unpaired) electrons. The molecule has 9 nitrogen and oxygen atoms in total. The minimum Gasteiger partial charge on any atom is -0.480 e. The van der Waals surface area contributed by atoms with Gasteiger partial charge in [-0.2, -0.15) is 0 Å². The number of imide groups is 1. The van der Waals surface area contributed by atoms with Crippen molar-refractivity contribution in [3.63, 3.8) is 0 Å². The van der Waals surface area contributed by atoms with Crippen molar-refractivity contribution < 1.29 is 32.7 Å². The second-order valence-corrected chi connectivity index (χ2v) is 8.87. The standard InChI is InChI=1S/C18H22N2O7S/c1-2-28(26,27)11-9-14(18(24)25)19-15(21)8-5-10-20-16(22)12-6-3-4-7-13(12)17(20)23/h3-4,6-7,14H,2,5,8-11H2,1H3,(H,19,21)(H,24,25). The molecule has 0 aliphatic carbocycles. The summed E-state index contributed by atoms with van der Waals surface area (Å²) in [5.41, 5.74) is 0.639. The van der Waals surface area contributed by atoms with Crippen LogP contribution in [0.5, 0.6) is 0 Å². The van der Waals surface area contributed by atoms with E-state index < -0.39 is 39.6 Å². The molecular formula is C18H22N2O7S. The summed E-state index contributed by atoms with van der Waals surface area (Å²) >= 11 is 0. The second kappa shape index (κ2) is 8.96. The van der Waals surface area contributed by atoms with E-state index in [1.807, 2.05) is 0 Å². The van der Waals surface area contributed by atoms with Gasteiger partial charge in [-0.1, -0.05) is 19.1 Å². The Labute approximate surface area is 162 Å². The SMILES string of the molecule is CCS(=O)(=O)CCC(NC(=O)CCCN1C(=O)c2ccccc2C1=O)C(=O)O. The molecule has 2 rings (SSSR count). The number of hydrogen-bond acceptors (Lipinski definition) is 6. The molecule has 0 aromatic heterocycles. The number of amides is 3. The Morgan fingerprint density at radius 1 is 1.14 bits per heavy atom. The normalized spacial score (nSPS) is 14.7. The summed E-state index contributed by atoms with van der Waals surface area (Å²) in [4.78, 5) is 48.7. The van der Waals surface area contributed by atoms with Gasteiger partial charge in [-0.25, -0.2) is 13.2 Å². The quantitative estimate of drug-likeness (QED) is 0.534. The Morgan fingerprint density at radius 3 is 2.21 bits per heavy atom. The monoisotopic (exact) mass is 410 g/mol. The lowest BCUT2D eigenvalue weighted by Gasteiger charge is -2.16. The third-order valence-corrected chi connectivity index (χ3v) is 6.19. The highest BCUT2D eigenvalue weighted by molar-refractivity contribution is 7.91. The van der Waals surface area contributed by atoms with E-state index in [2.05, 4.69) is 5.32 Å². The summed E-state index contributed by atoms with van der Waals surface area (Å²) in [7, 11) is -3.35. The van der Waals surface area contributed by atoms with E-state index in [-0.39, 0.29) is 37.3 Å². The summed E-state index contributed by atoms with van der Waals surface area (Å²) in [6.07, 6.45) is -0.162. The fourth-order valence-electron chi connectivity index (χ4n) is 2.81. The summed E-state index contributed by atoms with van der Waals surface area (Å²) in [6.45, 7) is 1.49. The van der Waals surface area contributed by atoms with Crippen LogP contribution in [0.1, 0.15) is 46.9 Å². The van der Waals surface area contributed by atoms with Gasteiger partial charge in [-0.3, -0.25) is 19.3 Å². The van der Waals surface area contributed by atoms with E-state index in [1.54, 1.807) is 24.3 Å². The van der Waals surface area contributed by atoms with Crippen molar-refractivity contribution in [2.45, 2.75) is 32.2 Å². The van der Waals surface area contributed by atoms with Gasteiger partial charge in [0, 0.05) is 18.7 Å². The van der Waals surface area contributed by atoms with Crippen LogP contribution in [0.15, 0.2) is 24.3 Å². The Hall–Kier alpha value is -2.75. The van der Waals surface area contributed by atoms with Gasteiger partial charge in [0.25, 0.3) is 11.8 Å². The first-order chi connectivity index (χ1) is 13.2. The Balaban J connectivity index is 1.84. The molecule has 0 saturated heterocycles. The van der Waals surface area contributed by atoms with Crippen molar-refractivity contribution in [3.8, 4) is 0 Å². The van der Waals surface area contributed by atoms with Crippen LogP contribution in [0, 0.1) is 0 Å². The smallest absolute Gasteiger partial charge is 0.326 e. The molecular weight excluding hydrogens is 388 g/mol. The van der Waals surface area contributed by atoms with Crippen molar-refractivity contribution in [2.75, 3.05) is 18.1 Å². The third-order valence-electron chi connectivity index (χ3n) is 4.45. The fraction of sp³-hybridized carbons (Fsp3) is 0.444. The van der Waals surface area contributed by atoms with E-state index >= 15 is 0 Å². The molecule has 1 aliphatic heterocycles. The highest BCUT2D eigenvalue weighted by Crippen LogP contribution is 2.22. The predicted molar refractivity (Wildman–Crippen MR) is 99.6 cm³/mol. The van der Waals surface area contributed by atoms with Gasteiger partial charge in [-0.15, -0.1) is 0 Å². The van der Waals surface area contributed by atoms with E-state index in [0.717, 1.165) is 4.90 Å². The lowest BCUT2D eigenvalue weighted by Crippen LogP contribution is -2.42. The number of carbonyl (C=O) groups excluding carboxylic acids is 3. The zero-order valence-electron chi connectivity index (χ0n) is 15.4. The van der Waals surface area contributed by atoms with E-state index in [1.165, 1.54) is 6.92 Å². The number of sulfone groups is 1. The molecule has 1 aromatic carbocycles. The highest BCUT2D eigenvalue weighted by atomic mass is 32.2. The molecule has 0 bridgehead atoms. The molecule has 0 saturated carbocycles. The van der Waals surface area contributed by atoms with Crippen molar-refractivity contribution in [1.29, 1.82) is 0 Å². The van der Waals surface area contributed by atoms with Crippen molar-refractivity contribution in [2.24, 2.45) is 0 Å². The lowest BCUT2D eigenvalue weighted by molar-refractivity contribution is -0.141. The van der Waals surface area contributed by atoms with Crippen LogP contribution in [0.3, 0.4) is 0 Å². The zero-order valence-corrected chi connectivity index (χ0v) is 16.2. The predicted octanol–water partition coefficient (Wildman–Crippen LogP) is 0.457. The Kier molecular flexibility index (Phi) is 6.90. The van der Waals surface area contributed by atoms with Crippen LogP contribution < -0.4 is 5.32 Å². The van der Waals surface area contributed by atoms with Gasteiger partial charge in [0.15, 0.2) is 0 Å². The van der Waals surface area contributed by atoms with E-state index in [4.69, 9.17) is 5.11 Å². The van der Waals surface area contributed by atoms with Crippen molar-refractivity contribution >= 4 is 33.5 Å². The number of aliphatic carboxylic acids is 1. The molecule has 1 heterocycles. The molecule has 152 valence electrons. The highest BCUT2D eigenvalue weighted by Gasteiger charge is 2.34. The summed E-state index contributed by atoms with van der Waals surface area (Å²) < 4.78 is 23.0. The third kappa shape index (κ3) is 5.16. The first-order valence-electron chi connectivity index (χ1n) is 8.84. The number of nitrogens with zero attached hydrogens (tertiary/aromatic N) is 1. The first kappa shape index (κ1) is 21.5. The number of rotatable bonds is 10. The Bertz CT molecular complexity index is 860. The van der Waals surface area contributed by atoms with Crippen molar-refractivity contribution in [1.82, 2.24) is 10.2 Å². The van der Waals surface area contributed by atoms with Crippen molar-refractivity contribution in [3.05, 3.63) is 35.4 Å². The summed E-state index contributed by atoms with van der Waals surface area (Å²) in [5.74, 6) is -3.19. The van der Waals surface area contributed by atoms with Gasteiger partial charge in [0.05, 0.1) is 16.9 Å². The van der Waals surface area contributed by atoms with Gasteiger partial charge in [0.2, 0.25) is 5.91 Å². The molecule has 3 amide bonds. The summed E-state index contributed by atoms with van der Waals surface area (Å²) in [6, 6.07) is 5.12. The molecule has 0 fully saturated rings. The fourth-order valence-corrected chi connectivity index (χ4v) is 3.69. The van der Waals surface area contributed by atoms with Crippen LogP contribution in [-0.2, 0) is 19.4 Å². The maximum Gasteiger partial charge on any atom is 0.326 e. The van der Waals surface area contributed by atoms with Gasteiger partial charge >= 0.3 is 5.97 Å². The van der Waals surface area contributed by atoms with E-state index in [0.29, 0.717) is 11.1 Å².